The quantitative estimate of drug-likeness (QED) is 0.563. The van der Waals surface area contributed by atoms with Gasteiger partial charge in [0, 0.05) is 18.9 Å². The lowest BCUT2D eigenvalue weighted by atomic mass is 10.4. The first-order valence-electron chi connectivity index (χ1n) is 2.48. The Morgan fingerprint density at radius 1 is 1.75 bits per heavy atom. The summed E-state index contributed by atoms with van der Waals surface area (Å²) < 4.78 is 23.9. The van der Waals surface area contributed by atoms with Gasteiger partial charge in [0.25, 0.3) is 5.92 Å². The number of halogens is 2. The predicted octanol–water partition coefficient (Wildman–Crippen LogP) is 1.02. The van der Waals surface area contributed by atoms with Crippen LogP contribution in [0.3, 0.4) is 0 Å². The van der Waals surface area contributed by atoms with Gasteiger partial charge < -0.3 is 5.09 Å². The van der Waals surface area contributed by atoms with Crippen LogP contribution in [0.25, 0.3) is 0 Å². The summed E-state index contributed by atoms with van der Waals surface area (Å²) in [6.45, 7) is 0.414. The van der Waals surface area contributed by atoms with Crippen molar-refractivity contribution in [2.24, 2.45) is 5.92 Å². The number of hydrogen-bond donors (Lipinski definition) is 1. The Kier molecular flexibility index (Phi) is 1.50. The molecule has 0 spiro atoms. The smallest absolute Gasteiger partial charge is 0.252 e. The molecule has 1 saturated carbocycles. The van der Waals surface area contributed by atoms with Crippen molar-refractivity contribution in [1.29, 1.82) is 0 Å². The number of nitrogens with one attached hydrogen (secondary N) is 1. The molecule has 48 valence electrons. The van der Waals surface area contributed by atoms with Crippen molar-refractivity contribution in [1.82, 2.24) is 5.09 Å². The highest BCUT2D eigenvalue weighted by atomic mass is 31.0. The Balaban J connectivity index is 2.17. The molecule has 8 heavy (non-hydrogen) atoms. The van der Waals surface area contributed by atoms with Crippen molar-refractivity contribution >= 4 is 9.39 Å². The SMILES string of the molecule is FC1(F)C[C@@H]1CNP. The summed E-state index contributed by atoms with van der Waals surface area (Å²) in [5.74, 6) is -2.76. The van der Waals surface area contributed by atoms with E-state index < -0.39 is 11.8 Å². The third-order valence-electron chi connectivity index (χ3n) is 1.32. The normalized spacial score (nSPS) is 32.6. The summed E-state index contributed by atoms with van der Waals surface area (Å²) in [5.41, 5.74) is 0. The van der Waals surface area contributed by atoms with Gasteiger partial charge in [-0.2, -0.15) is 0 Å². The first-order chi connectivity index (χ1) is 3.67. The molecule has 0 aliphatic heterocycles. The fraction of sp³-hybridized carbons (Fsp3) is 1.00. The minimum atomic E-state index is -2.36. The third-order valence-corrected chi connectivity index (χ3v) is 1.56. The molecular formula is C4H8F2NP. The molecule has 4 heteroatoms. The second kappa shape index (κ2) is 1.89. The maximum atomic E-state index is 11.9. The average Bonchev–Trinajstić information content (AvgIpc) is 2.15. The number of hydrogen-bond acceptors (Lipinski definition) is 1. The summed E-state index contributed by atoms with van der Waals surface area (Å²) in [4.78, 5) is 0. The minimum Gasteiger partial charge on any atom is -0.300 e. The molecule has 0 aromatic heterocycles. The average molecular weight is 139 g/mol. The third kappa shape index (κ3) is 1.15. The van der Waals surface area contributed by atoms with Crippen molar-refractivity contribution in [3.8, 4) is 0 Å². The van der Waals surface area contributed by atoms with Crippen LogP contribution in [0.2, 0.25) is 0 Å². The van der Waals surface area contributed by atoms with Crippen LogP contribution >= 0.6 is 9.39 Å². The van der Waals surface area contributed by atoms with Crippen LogP contribution < -0.4 is 5.09 Å². The van der Waals surface area contributed by atoms with Crippen LogP contribution in [-0.2, 0) is 0 Å². The van der Waals surface area contributed by atoms with E-state index in [2.05, 4.69) is 14.5 Å². The van der Waals surface area contributed by atoms with Gasteiger partial charge in [-0.3, -0.25) is 0 Å². The Labute approximate surface area is 49.1 Å². The van der Waals surface area contributed by atoms with E-state index in [0.717, 1.165) is 0 Å². The minimum absolute atomic E-state index is 0.0639. The molecule has 0 aromatic carbocycles. The lowest BCUT2D eigenvalue weighted by Crippen LogP contribution is -2.07. The van der Waals surface area contributed by atoms with Gasteiger partial charge >= 0.3 is 0 Å². The standard InChI is InChI=1S/C4H8F2NP/c5-4(6)1-3(4)2-7-8/h3,7H,1-2,8H2/t3-/m1/s1. The van der Waals surface area contributed by atoms with Gasteiger partial charge in [0.1, 0.15) is 0 Å². The predicted molar refractivity (Wildman–Crippen MR) is 30.8 cm³/mol. The summed E-state index contributed by atoms with van der Waals surface area (Å²) in [7, 11) is 2.21. The molecule has 2 atom stereocenters. The van der Waals surface area contributed by atoms with Crippen LogP contribution in [0.1, 0.15) is 6.42 Å². The van der Waals surface area contributed by atoms with Crippen LogP contribution in [0, 0.1) is 5.92 Å². The molecule has 1 nitrogen and oxygen atoms in total. The van der Waals surface area contributed by atoms with Crippen molar-refractivity contribution in [2.45, 2.75) is 12.3 Å². The largest absolute Gasteiger partial charge is 0.300 e. The van der Waals surface area contributed by atoms with Gasteiger partial charge in [-0.1, -0.05) is 9.39 Å². The van der Waals surface area contributed by atoms with Crippen LogP contribution in [-0.4, -0.2) is 12.5 Å². The Hall–Kier alpha value is 0.250. The van der Waals surface area contributed by atoms with E-state index in [1.54, 1.807) is 0 Å². The molecule has 0 amide bonds. The molecule has 0 heterocycles. The monoisotopic (exact) mass is 139 g/mol. The second-order valence-electron chi connectivity index (χ2n) is 2.07. The maximum Gasteiger partial charge on any atom is 0.252 e. The van der Waals surface area contributed by atoms with Gasteiger partial charge in [-0.15, -0.1) is 0 Å². The zero-order valence-corrected chi connectivity index (χ0v) is 5.48. The van der Waals surface area contributed by atoms with Gasteiger partial charge in [0.05, 0.1) is 0 Å². The van der Waals surface area contributed by atoms with E-state index in [1.807, 2.05) is 0 Å². The first-order valence-corrected chi connectivity index (χ1v) is 3.06. The molecule has 0 radical (unpaired) electrons. The lowest BCUT2D eigenvalue weighted by Gasteiger charge is -1.93. The first kappa shape index (κ1) is 6.37. The number of rotatable bonds is 2. The van der Waals surface area contributed by atoms with E-state index in [0.29, 0.717) is 6.54 Å². The molecule has 0 saturated heterocycles. The lowest BCUT2D eigenvalue weighted by molar-refractivity contribution is 0.0999. The Bertz CT molecular complexity index is 96.0. The van der Waals surface area contributed by atoms with E-state index >= 15 is 0 Å². The number of alkyl halides is 2. The highest BCUT2D eigenvalue weighted by Gasteiger charge is 2.55. The van der Waals surface area contributed by atoms with Crippen molar-refractivity contribution in [3.05, 3.63) is 0 Å². The molecule has 0 aromatic rings. The van der Waals surface area contributed by atoms with E-state index in [-0.39, 0.29) is 6.42 Å². The highest BCUT2D eigenvalue weighted by molar-refractivity contribution is 7.13. The highest BCUT2D eigenvalue weighted by Crippen LogP contribution is 2.47. The van der Waals surface area contributed by atoms with Gasteiger partial charge in [-0.05, 0) is 0 Å². The molecule has 1 aliphatic rings. The van der Waals surface area contributed by atoms with Gasteiger partial charge in [0.15, 0.2) is 0 Å². The molecule has 1 unspecified atom stereocenters. The topological polar surface area (TPSA) is 12.0 Å². The summed E-state index contributed by atoms with van der Waals surface area (Å²) in [5, 5.41) is 2.62. The van der Waals surface area contributed by atoms with E-state index in [9.17, 15) is 8.78 Å². The van der Waals surface area contributed by atoms with Gasteiger partial charge in [-0.25, -0.2) is 8.78 Å². The zero-order chi connectivity index (χ0) is 6.20. The zero-order valence-electron chi connectivity index (χ0n) is 4.32. The molecule has 1 aliphatic carbocycles. The fourth-order valence-electron chi connectivity index (χ4n) is 0.633. The fourth-order valence-corrected chi connectivity index (χ4v) is 0.918. The van der Waals surface area contributed by atoms with Crippen molar-refractivity contribution in [2.75, 3.05) is 6.54 Å². The maximum absolute atomic E-state index is 11.9. The molecule has 1 fully saturated rings. The van der Waals surface area contributed by atoms with Crippen molar-refractivity contribution in [3.63, 3.8) is 0 Å². The Morgan fingerprint density at radius 2 is 2.25 bits per heavy atom. The van der Waals surface area contributed by atoms with E-state index in [4.69, 9.17) is 0 Å². The van der Waals surface area contributed by atoms with Crippen LogP contribution in [0.15, 0.2) is 0 Å². The van der Waals surface area contributed by atoms with Crippen LogP contribution in [0.4, 0.5) is 8.78 Å². The summed E-state index contributed by atoms with van der Waals surface area (Å²) >= 11 is 0. The molecule has 1 rings (SSSR count). The molecular weight excluding hydrogens is 131 g/mol. The molecule has 1 N–H and O–H groups in total. The summed E-state index contributed by atoms with van der Waals surface area (Å²) in [6, 6.07) is 0. The van der Waals surface area contributed by atoms with Crippen molar-refractivity contribution < 1.29 is 8.78 Å². The molecule has 0 bridgehead atoms. The van der Waals surface area contributed by atoms with Crippen LogP contribution in [0.5, 0.6) is 0 Å². The van der Waals surface area contributed by atoms with Gasteiger partial charge in [0.2, 0.25) is 0 Å². The van der Waals surface area contributed by atoms with E-state index in [1.165, 1.54) is 0 Å². The Morgan fingerprint density at radius 3 is 2.38 bits per heavy atom. The second-order valence-corrected chi connectivity index (χ2v) is 2.48. The summed E-state index contributed by atoms with van der Waals surface area (Å²) in [6.07, 6.45) is 0.0639.